The van der Waals surface area contributed by atoms with E-state index in [-0.39, 0.29) is 5.97 Å². The average molecular weight is 169 g/mol. The number of esters is 1. The molecule has 0 amide bonds. The van der Waals surface area contributed by atoms with Gasteiger partial charge < -0.3 is 4.74 Å². The normalized spacial score (nSPS) is 12.6. The second-order valence-corrected chi connectivity index (χ2v) is 2.52. The Balaban J connectivity index is 2.77. The molecule has 0 aliphatic carbocycles. The SMILES string of the molecule is COC(=O)C(C)c1ncn(C)n1. The third kappa shape index (κ3) is 1.61. The quantitative estimate of drug-likeness (QED) is 0.589. The molecule has 0 fully saturated rings. The van der Waals surface area contributed by atoms with Crippen LogP contribution in [0.2, 0.25) is 0 Å². The second-order valence-electron chi connectivity index (χ2n) is 2.52. The van der Waals surface area contributed by atoms with Crippen molar-refractivity contribution >= 4 is 5.97 Å². The molecule has 0 radical (unpaired) electrons. The summed E-state index contributed by atoms with van der Waals surface area (Å²) < 4.78 is 6.10. The number of aromatic nitrogens is 3. The van der Waals surface area contributed by atoms with Gasteiger partial charge in [-0.1, -0.05) is 0 Å². The number of methoxy groups -OCH3 is 1. The molecule has 1 atom stereocenters. The fraction of sp³-hybridized carbons (Fsp3) is 0.571. The molecular formula is C7H11N3O2. The van der Waals surface area contributed by atoms with E-state index in [0.717, 1.165) is 0 Å². The number of nitrogens with zero attached hydrogens (tertiary/aromatic N) is 3. The standard InChI is InChI=1S/C7H11N3O2/c1-5(7(11)12-3)6-8-4-10(2)9-6/h4-5H,1-3H3. The number of carbonyl (C=O) groups is 1. The maximum atomic E-state index is 11.0. The molecule has 5 nitrogen and oxygen atoms in total. The zero-order chi connectivity index (χ0) is 9.14. The maximum absolute atomic E-state index is 11.0. The van der Waals surface area contributed by atoms with Crippen LogP contribution in [-0.4, -0.2) is 27.8 Å². The Morgan fingerprint density at radius 1 is 1.75 bits per heavy atom. The summed E-state index contributed by atoms with van der Waals surface area (Å²) in [5.74, 6) is -0.221. The molecule has 0 aliphatic rings. The van der Waals surface area contributed by atoms with Gasteiger partial charge in [0.05, 0.1) is 7.11 Å². The Morgan fingerprint density at radius 2 is 2.42 bits per heavy atom. The van der Waals surface area contributed by atoms with Gasteiger partial charge in [-0.05, 0) is 6.92 Å². The number of aryl methyl sites for hydroxylation is 1. The molecule has 5 heteroatoms. The van der Waals surface area contributed by atoms with E-state index < -0.39 is 5.92 Å². The smallest absolute Gasteiger partial charge is 0.316 e. The topological polar surface area (TPSA) is 57.0 Å². The number of carbonyl (C=O) groups excluding carboxylic acids is 1. The van der Waals surface area contributed by atoms with Gasteiger partial charge in [-0.25, -0.2) is 4.98 Å². The largest absolute Gasteiger partial charge is 0.468 e. The summed E-state index contributed by atoms with van der Waals surface area (Å²) in [5.41, 5.74) is 0. The van der Waals surface area contributed by atoms with Crippen LogP contribution in [0.3, 0.4) is 0 Å². The summed E-state index contributed by atoms with van der Waals surface area (Å²) in [7, 11) is 3.10. The lowest BCUT2D eigenvalue weighted by molar-refractivity contribution is -0.142. The highest BCUT2D eigenvalue weighted by atomic mass is 16.5. The Kier molecular flexibility index (Phi) is 2.42. The summed E-state index contributed by atoms with van der Waals surface area (Å²) in [4.78, 5) is 14.9. The van der Waals surface area contributed by atoms with Crippen molar-refractivity contribution < 1.29 is 9.53 Å². The van der Waals surface area contributed by atoms with Gasteiger partial charge in [0.2, 0.25) is 0 Å². The van der Waals surface area contributed by atoms with Crippen molar-refractivity contribution in [2.24, 2.45) is 7.05 Å². The van der Waals surface area contributed by atoms with Gasteiger partial charge in [-0.3, -0.25) is 9.48 Å². The zero-order valence-corrected chi connectivity index (χ0v) is 7.31. The van der Waals surface area contributed by atoms with E-state index in [1.54, 1.807) is 25.0 Å². The second kappa shape index (κ2) is 3.34. The van der Waals surface area contributed by atoms with Crippen LogP contribution in [0.1, 0.15) is 18.7 Å². The molecule has 0 saturated carbocycles. The van der Waals surface area contributed by atoms with Crippen LogP contribution in [0.4, 0.5) is 0 Å². The van der Waals surface area contributed by atoms with Gasteiger partial charge in [0.15, 0.2) is 5.82 Å². The minimum Gasteiger partial charge on any atom is -0.468 e. The Hall–Kier alpha value is -1.39. The van der Waals surface area contributed by atoms with Crippen molar-refractivity contribution in [3.05, 3.63) is 12.2 Å². The molecule has 1 aromatic rings. The van der Waals surface area contributed by atoms with Crippen molar-refractivity contribution in [1.82, 2.24) is 14.8 Å². The van der Waals surface area contributed by atoms with Gasteiger partial charge in [-0.15, -0.1) is 0 Å². The van der Waals surface area contributed by atoms with Crippen LogP contribution in [0.25, 0.3) is 0 Å². The first-order chi connectivity index (χ1) is 5.65. The van der Waals surface area contributed by atoms with Crippen LogP contribution < -0.4 is 0 Å². The van der Waals surface area contributed by atoms with Crippen LogP contribution in [-0.2, 0) is 16.6 Å². The first-order valence-corrected chi connectivity index (χ1v) is 3.58. The van der Waals surface area contributed by atoms with Gasteiger partial charge in [-0.2, -0.15) is 5.10 Å². The number of ether oxygens (including phenoxy) is 1. The predicted molar refractivity (Wildman–Crippen MR) is 41.4 cm³/mol. The fourth-order valence-corrected chi connectivity index (χ4v) is 0.837. The summed E-state index contributed by atoms with van der Waals surface area (Å²) in [6.45, 7) is 1.71. The highest BCUT2D eigenvalue weighted by molar-refractivity contribution is 5.76. The highest BCUT2D eigenvalue weighted by Gasteiger charge is 2.19. The van der Waals surface area contributed by atoms with Gasteiger partial charge in [0, 0.05) is 7.05 Å². The first-order valence-electron chi connectivity index (χ1n) is 3.58. The molecule has 1 rings (SSSR count). The van der Waals surface area contributed by atoms with Crippen LogP contribution in [0, 0.1) is 0 Å². The van der Waals surface area contributed by atoms with Gasteiger partial charge in [0.1, 0.15) is 12.2 Å². The van der Waals surface area contributed by atoms with E-state index in [1.807, 2.05) is 0 Å². The van der Waals surface area contributed by atoms with E-state index in [0.29, 0.717) is 5.82 Å². The van der Waals surface area contributed by atoms with Crippen molar-refractivity contribution in [1.29, 1.82) is 0 Å². The van der Waals surface area contributed by atoms with Gasteiger partial charge in [0.25, 0.3) is 0 Å². The number of hydrogen-bond acceptors (Lipinski definition) is 4. The van der Waals surface area contributed by atoms with Crippen molar-refractivity contribution in [2.45, 2.75) is 12.8 Å². The number of hydrogen-bond donors (Lipinski definition) is 0. The lowest BCUT2D eigenvalue weighted by Crippen LogP contribution is -2.12. The monoisotopic (exact) mass is 169 g/mol. The van der Waals surface area contributed by atoms with E-state index in [1.165, 1.54) is 7.11 Å². The van der Waals surface area contributed by atoms with Gasteiger partial charge >= 0.3 is 5.97 Å². The molecule has 0 spiro atoms. The maximum Gasteiger partial charge on any atom is 0.316 e. The zero-order valence-electron chi connectivity index (χ0n) is 7.31. The Labute approximate surface area is 70.4 Å². The average Bonchev–Trinajstić information content (AvgIpc) is 2.49. The van der Waals surface area contributed by atoms with E-state index in [4.69, 9.17) is 0 Å². The molecule has 0 aliphatic heterocycles. The molecule has 1 heterocycles. The Bertz CT molecular complexity index is 282. The fourth-order valence-electron chi connectivity index (χ4n) is 0.837. The summed E-state index contributed by atoms with van der Waals surface area (Å²) in [6, 6.07) is 0. The van der Waals surface area contributed by atoms with Crippen molar-refractivity contribution in [3.63, 3.8) is 0 Å². The molecule has 0 aromatic carbocycles. The minimum atomic E-state index is -0.392. The molecule has 0 N–H and O–H groups in total. The summed E-state index contributed by atoms with van der Waals surface area (Å²) in [5, 5.41) is 3.98. The molecule has 0 bridgehead atoms. The number of rotatable bonds is 2. The van der Waals surface area contributed by atoms with Crippen molar-refractivity contribution in [2.75, 3.05) is 7.11 Å². The van der Waals surface area contributed by atoms with E-state index in [9.17, 15) is 4.79 Å². The molecule has 0 saturated heterocycles. The molecule has 1 unspecified atom stereocenters. The predicted octanol–water partition coefficient (Wildman–Crippen LogP) is 0.0916. The molecule has 12 heavy (non-hydrogen) atoms. The van der Waals surface area contributed by atoms with Crippen LogP contribution in [0.5, 0.6) is 0 Å². The summed E-state index contributed by atoms with van der Waals surface area (Å²) >= 11 is 0. The minimum absolute atomic E-state index is 0.318. The first kappa shape index (κ1) is 8.70. The van der Waals surface area contributed by atoms with Crippen LogP contribution in [0.15, 0.2) is 6.33 Å². The summed E-state index contributed by atoms with van der Waals surface area (Å²) in [6.07, 6.45) is 1.55. The third-order valence-corrected chi connectivity index (χ3v) is 1.56. The Morgan fingerprint density at radius 3 is 2.83 bits per heavy atom. The third-order valence-electron chi connectivity index (χ3n) is 1.56. The molecule has 1 aromatic heterocycles. The lowest BCUT2D eigenvalue weighted by atomic mass is 10.2. The van der Waals surface area contributed by atoms with E-state index >= 15 is 0 Å². The van der Waals surface area contributed by atoms with Crippen LogP contribution >= 0.6 is 0 Å². The molecule has 66 valence electrons. The van der Waals surface area contributed by atoms with Crippen molar-refractivity contribution in [3.8, 4) is 0 Å². The highest BCUT2D eigenvalue weighted by Crippen LogP contribution is 2.10. The van der Waals surface area contributed by atoms with E-state index in [2.05, 4.69) is 14.8 Å². The molecular weight excluding hydrogens is 158 g/mol. The lowest BCUT2D eigenvalue weighted by Gasteiger charge is -2.02.